The molecule has 12 heavy (non-hydrogen) atoms. The summed E-state index contributed by atoms with van der Waals surface area (Å²) in [5, 5.41) is 0. The van der Waals surface area contributed by atoms with E-state index < -0.39 is 0 Å². The lowest BCUT2D eigenvalue weighted by Crippen LogP contribution is -2.07. The van der Waals surface area contributed by atoms with Gasteiger partial charge in [-0.15, -0.1) is 0 Å². The van der Waals surface area contributed by atoms with Gasteiger partial charge in [0, 0.05) is 26.5 Å². The lowest BCUT2D eigenvalue weighted by atomic mass is 10.4. The maximum Gasteiger partial charge on any atom is 0.174 e. The van der Waals surface area contributed by atoms with Crippen LogP contribution in [0, 0.1) is 6.92 Å². The normalized spacial score (nSPS) is 10.6. The summed E-state index contributed by atoms with van der Waals surface area (Å²) in [5.41, 5.74) is 0.843. The first-order valence-electron chi connectivity index (χ1n) is 3.68. The minimum absolute atomic E-state index is 0.672. The Kier molecular flexibility index (Phi) is 2.74. The Morgan fingerprint density at radius 2 is 2.00 bits per heavy atom. The van der Waals surface area contributed by atoms with Crippen molar-refractivity contribution in [1.82, 2.24) is 14.9 Å². The zero-order valence-corrected chi connectivity index (χ0v) is 7.52. The van der Waals surface area contributed by atoms with Gasteiger partial charge in [0.15, 0.2) is 5.82 Å². The van der Waals surface area contributed by atoms with Gasteiger partial charge < -0.3 is 4.90 Å². The summed E-state index contributed by atoms with van der Waals surface area (Å²) in [6.07, 6.45) is 5.00. The number of aliphatic imine (C=N–C) groups is 1. The lowest BCUT2D eigenvalue weighted by Gasteiger charge is -2.02. The Morgan fingerprint density at radius 1 is 1.33 bits per heavy atom. The molecule has 1 heterocycles. The molecule has 0 aromatic carbocycles. The van der Waals surface area contributed by atoms with Crippen LogP contribution in [0.15, 0.2) is 17.4 Å². The van der Waals surface area contributed by atoms with E-state index in [1.165, 1.54) is 0 Å². The van der Waals surface area contributed by atoms with Gasteiger partial charge in [-0.25, -0.2) is 9.98 Å². The number of nitrogens with zero attached hydrogens (tertiary/aromatic N) is 4. The predicted octanol–water partition coefficient (Wildman–Crippen LogP) is 1.01. The van der Waals surface area contributed by atoms with Crippen molar-refractivity contribution in [1.29, 1.82) is 0 Å². The minimum atomic E-state index is 0.672. The monoisotopic (exact) mass is 164 g/mol. The quantitative estimate of drug-likeness (QED) is 0.484. The smallest absolute Gasteiger partial charge is 0.174 e. The van der Waals surface area contributed by atoms with Gasteiger partial charge in [0.2, 0.25) is 0 Å². The van der Waals surface area contributed by atoms with E-state index in [0.29, 0.717) is 5.82 Å². The topological polar surface area (TPSA) is 41.4 Å². The molecule has 0 radical (unpaired) electrons. The van der Waals surface area contributed by atoms with Crippen LogP contribution in [0.25, 0.3) is 0 Å². The fourth-order valence-electron chi connectivity index (χ4n) is 0.697. The van der Waals surface area contributed by atoms with Crippen molar-refractivity contribution >= 4 is 12.2 Å². The number of aromatic nitrogens is 2. The second-order valence-corrected chi connectivity index (χ2v) is 2.67. The molecule has 4 nitrogen and oxygen atoms in total. The van der Waals surface area contributed by atoms with Crippen molar-refractivity contribution in [2.24, 2.45) is 4.99 Å². The highest BCUT2D eigenvalue weighted by Gasteiger charge is 1.94. The Morgan fingerprint density at radius 3 is 2.58 bits per heavy atom. The van der Waals surface area contributed by atoms with E-state index in [1.54, 1.807) is 18.7 Å². The Bertz CT molecular complexity index is 280. The highest BCUT2D eigenvalue weighted by atomic mass is 15.1. The molecule has 0 atom stereocenters. The van der Waals surface area contributed by atoms with E-state index in [-0.39, 0.29) is 0 Å². The molecular weight excluding hydrogens is 152 g/mol. The largest absolute Gasteiger partial charge is 0.369 e. The summed E-state index contributed by atoms with van der Waals surface area (Å²) >= 11 is 0. The van der Waals surface area contributed by atoms with Gasteiger partial charge in [0.05, 0.1) is 12.0 Å². The molecule has 0 spiro atoms. The molecule has 0 amide bonds. The number of aryl methyl sites for hydroxylation is 1. The van der Waals surface area contributed by atoms with Crippen LogP contribution in [0.1, 0.15) is 5.69 Å². The van der Waals surface area contributed by atoms with E-state index in [0.717, 1.165) is 5.69 Å². The zero-order valence-electron chi connectivity index (χ0n) is 7.52. The standard InChI is InChI=1S/C8H12N4/c1-7-8(10-5-4-9-7)11-6-12(2)3/h4-6H,1-3H3. The van der Waals surface area contributed by atoms with Gasteiger partial charge in [-0.3, -0.25) is 4.98 Å². The summed E-state index contributed by atoms with van der Waals surface area (Å²) < 4.78 is 0. The van der Waals surface area contributed by atoms with E-state index in [4.69, 9.17) is 0 Å². The molecule has 0 bridgehead atoms. The lowest BCUT2D eigenvalue weighted by molar-refractivity contribution is 0.643. The van der Waals surface area contributed by atoms with Crippen molar-refractivity contribution in [2.45, 2.75) is 6.92 Å². The molecule has 1 aromatic heterocycles. The van der Waals surface area contributed by atoms with Gasteiger partial charge in [0.1, 0.15) is 0 Å². The van der Waals surface area contributed by atoms with E-state index in [2.05, 4.69) is 15.0 Å². The molecule has 1 rings (SSSR count). The summed E-state index contributed by atoms with van der Waals surface area (Å²) in [6.45, 7) is 1.88. The van der Waals surface area contributed by atoms with Crippen molar-refractivity contribution in [3.63, 3.8) is 0 Å². The van der Waals surface area contributed by atoms with E-state index >= 15 is 0 Å². The Labute approximate surface area is 72.0 Å². The van der Waals surface area contributed by atoms with Gasteiger partial charge in [-0.05, 0) is 6.92 Å². The second-order valence-electron chi connectivity index (χ2n) is 2.67. The van der Waals surface area contributed by atoms with Gasteiger partial charge >= 0.3 is 0 Å². The van der Waals surface area contributed by atoms with Crippen LogP contribution in [0.5, 0.6) is 0 Å². The third-order valence-corrected chi connectivity index (χ3v) is 1.27. The van der Waals surface area contributed by atoms with Crippen molar-refractivity contribution < 1.29 is 0 Å². The molecule has 0 saturated carbocycles. The van der Waals surface area contributed by atoms with Gasteiger partial charge in [0.25, 0.3) is 0 Å². The van der Waals surface area contributed by atoms with Crippen molar-refractivity contribution in [3.8, 4) is 0 Å². The molecule has 0 fully saturated rings. The third-order valence-electron chi connectivity index (χ3n) is 1.27. The highest BCUT2D eigenvalue weighted by Crippen LogP contribution is 2.08. The predicted molar refractivity (Wildman–Crippen MR) is 48.6 cm³/mol. The van der Waals surface area contributed by atoms with Gasteiger partial charge in [-0.2, -0.15) is 0 Å². The van der Waals surface area contributed by atoms with Crippen LogP contribution in [0.4, 0.5) is 5.82 Å². The van der Waals surface area contributed by atoms with Crippen LogP contribution in [-0.4, -0.2) is 35.3 Å². The SMILES string of the molecule is Cc1nccnc1N=CN(C)C. The molecule has 0 aliphatic rings. The molecule has 4 heteroatoms. The molecular formula is C8H12N4. The minimum Gasteiger partial charge on any atom is -0.369 e. The van der Waals surface area contributed by atoms with E-state index in [9.17, 15) is 0 Å². The molecule has 0 saturated heterocycles. The molecule has 0 aliphatic heterocycles. The first kappa shape index (κ1) is 8.64. The first-order valence-corrected chi connectivity index (χ1v) is 3.68. The van der Waals surface area contributed by atoms with Crippen LogP contribution < -0.4 is 0 Å². The van der Waals surface area contributed by atoms with E-state index in [1.807, 2.05) is 25.9 Å². The maximum absolute atomic E-state index is 4.13. The third kappa shape index (κ3) is 2.30. The van der Waals surface area contributed by atoms with Crippen LogP contribution in [0.3, 0.4) is 0 Å². The molecule has 0 N–H and O–H groups in total. The van der Waals surface area contributed by atoms with Crippen molar-refractivity contribution in [2.75, 3.05) is 14.1 Å². The highest BCUT2D eigenvalue weighted by molar-refractivity contribution is 5.59. The molecule has 64 valence electrons. The summed E-state index contributed by atoms with van der Waals surface area (Å²) in [5.74, 6) is 0.672. The van der Waals surface area contributed by atoms with Crippen LogP contribution in [0.2, 0.25) is 0 Å². The Hall–Kier alpha value is -1.45. The van der Waals surface area contributed by atoms with Crippen LogP contribution in [-0.2, 0) is 0 Å². The number of rotatable bonds is 2. The summed E-state index contributed by atoms with van der Waals surface area (Å²) in [7, 11) is 3.82. The average Bonchev–Trinajstić information content (AvgIpc) is 2.03. The maximum atomic E-state index is 4.13. The fourth-order valence-corrected chi connectivity index (χ4v) is 0.697. The fraction of sp³-hybridized carbons (Fsp3) is 0.375. The molecule has 1 aromatic rings. The summed E-state index contributed by atoms with van der Waals surface area (Å²) in [6, 6.07) is 0. The average molecular weight is 164 g/mol. The number of hydrogen-bond acceptors (Lipinski definition) is 3. The van der Waals surface area contributed by atoms with Crippen molar-refractivity contribution in [3.05, 3.63) is 18.1 Å². The summed E-state index contributed by atoms with van der Waals surface area (Å²) in [4.78, 5) is 14.1. The molecule has 0 unspecified atom stereocenters. The number of hydrogen-bond donors (Lipinski definition) is 0. The second kappa shape index (κ2) is 3.80. The zero-order chi connectivity index (χ0) is 8.97. The first-order chi connectivity index (χ1) is 5.70. The van der Waals surface area contributed by atoms with Crippen LogP contribution >= 0.6 is 0 Å². The Balaban J connectivity index is 2.82. The molecule has 0 aliphatic carbocycles. The van der Waals surface area contributed by atoms with Gasteiger partial charge in [-0.1, -0.05) is 0 Å².